The quantitative estimate of drug-likeness (QED) is 0.908. The Bertz CT molecular complexity index is 549. The molecular formula is C15H18FNO3S. The Labute approximate surface area is 127 Å². The van der Waals surface area contributed by atoms with E-state index >= 15 is 0 Å². The van der Waals surface area contributed by atoms with Gasteiger partial charge in [0.15, 0.2) is 0 Å². The first-order valence-electron chi connectivity index (χ1n) is 6.81. The van der Waals surface area contributed by atoms with Crippen molar-refractivity contribution in [1.29, 1.82) is 0 Å². The predicted molar refractivity (Wildman–Crippen MR) is 79.3 cm³/mol. The summed E-state index contributed by atoms with van der Waals surface area (Å²) in [6.45, 7) is 3.83. The van der Waals surface area contributed by atoms with Crippen LogP contribution >= 0.6 is 11.8 Å². The number of carbonyl (C=O) groups is 2. The summed E-state index contributed by atoms with van der Waals surface area (Å²) in [5, 5.41) is 9.01. The first-order valence-corrected chi connectivity index (χ1v) is 7.86. The van der Waals surface area contributed by atoms with Gasteiger partial charge in [-0.25, -0.2) is 9.18 Å². The normalized spacial score (nSPS) is 20.1. The number of carbonyl (C=O) groups excluding carboxylic acids is 1. The topological polar surface area (TPSA) is 57.6 Å². The van der Waals surface area contributed by atoms with Gasteiger partial charge in [-0.2, -0.15) is 0 Å². The maximum atomic E-state index is 13.4. The number of rotatable bonds is 5. The molecule has 2 rings (SSSR count). The minimum Gasteiger partial charge on any atom is -0.480 e. The van der Waals surface area contributed by atoms with Crippen LogP contribution < -0.4 is 0 Å². The monoisotopic (exact) mass is 311 g/mol. The first kappa shape index (κ1) is 15.8. The Morgan fingerprint density at radius 3 is 2.81 bits per heavy atom. The highest BCUT2D eigenvalue weighted by Crippen LogP contribution is 2.41. The van der Waals surface area contributed by atoms with E-state index in [0.29, 0.717) is 12.0 Å². The fraction of sp³-hybridized carbons (Fsp3) is 0.467. The molecule has 0 radical (unpaired) electrons. The second-order valence-corrected chi connectivity index (χ2v) is 6.57. The molecule has 4 nitrogen and oxygen atoms in total. The molecule has 1 amide bonds. The number of nitrogens with zero attached hydrogens (tertiary/aromatic N) is 1. The number of aliphatic carboxylic acids is 1. The molecule has 2 atom stereocenters. The minimum atomic E-state index is -1.01. The van der Waals surface area contributed by atoms with Crippen LogP contribution in [0.2, 0.25) is 0 Å². The van der Waals surface area contributed by atoms with Crippen molar-refractivity contribution >= 4 is 23.6 Å². The van der Waals surface area contributed by atoms with E-state index in [-0.39, 0.29) is 23.4 Å². The van der Waals surface area contributed by atoms with Crippen LogP contribution in [0, 0.1) is 11.7 Å². The van der Waals surface area contributed by atoms with Crippen molar-refractivity contribution in [3.8, 4) is 0 Å². The molecule has 1 aliphatic heterocycles. The van der Waals surface area contributed by atoms with Crippen molar-refractivity contribution in [2.75, 3.05) is 5.75 Å². The van der Waals surface area contributed by atoms with Crippen LogP contribution in [0.1, 0.15) is 31.2 Å². The van der Waals surface area contributed by atoms with Crippen LogP contribution in [-0.4, -0.2) is 33.7 Å². The zero-order valence-corrected chi connectivity index (χ0v) is 12.8. The Morgan fingerprint density at radius 1 is 1.52 bits per heavy atom. The highest BCUT2D eigenvalue weighted by Gasteiger charge is 2.41. The number of carboxylic acid groups (broad SMARTS) is 1. The minimum absolute atomic E-state index is 0.151. The third kappa shape index (κ3) is 3.56. The average Bonchev–Trinajstić information content (AvgIpc) is 2.77. The molecule has 1 aromatic rings. The van der Waals surface area contributed by atoms with Crippen molar-refractivity contribution in [3.05, 3.63) is 35.6 Å². The summed E-state index contributed by atoms with van der Waals surface area (Å²) in [5.74, 6) is -1.23. The maximum absolute atomic E-state index is 13.4. The summed E-state index contributed by atoms with van der Waals surface area (Å²) < 4.78 is 13.4. The van der Waals surface area contributed by atoms with Gasteiger partial charge in [-0.1, -0.05) is 26.0 Å². The van der Waals surface area contributed by atoms with E-state index in [4.69, 9.17) is 0 Å². The van der Waals surface area contributed by atoms with Crippen molar-refractivity contribution in [1.82, 2.24) is 4.90 Å². The number of hydrogen-bond donors (Lipinski definition) is 1. The van der Waals surface area contributed by atoms with Crippen molar-refractivity contribution in [2.24, 2.45) is 5.92 Å². The van der Waals surface area contributed by atoms with E-state index in [2.05, 4.69) is 0 Å². The third-order valence-electron chi connectivity index (χ3n) is 3.35. The molecule has 1 fully saturated rings. The first-order chi connectivity index (χ1) is 9.90. The zero-order valence-electron chi connectivity index (χ0n) is 12.0. The van der Waals surface area contributed by atoms with Crippen molar-refractivity contribution in [2.45, 2.75) is 31.7 Å². The number of benzene rings is 1. The van der Waals surface area contributed by atoms with Gasteiger partial charge in [0.05, 0.1) is 5.75 Å². The molecule has 1 aliphatic rings. The van der Waals surface area contributed by atoms with Gasteiger partial charge in [0.2, 0.25) is 5.91 Å². The molecule has 21 heavy (non-hydrogen) atoms. The zero-order chi connectivity index (χ0) is 15.6. The number of hydrogen-bond acceptors (Lipinski definition) is 3. The summed E-state index contributed by atoms with van der Waals surface area (Å²) >= 11 is 1.34. The highest BCUT2D eigenvalue weighted by molar-refractivity contribution is 8.00. The molecule has 1 N–H and O–H groups in total. The lowest BCUT2D eigenvalue weighted by molar-refractivity contribution is -0.150. The lowest BCUT2D eigenvalue weighted by atomic mass is 10.0. The summed E-state index contributed by atoms with van der Waals surface area (Å²) in [6, 6.07) is 5.11. The molecule has 0 saturated carbocycles. The molecule has 114 valence electrons. The molecular weight excluding hydrogens is 293 g/mol. The molecule has 0 aromatic heterocycles. The van der Waals surface area contributed by atoms with E-state index in [1.165, 1.54) is 28.8 Å². The Hall–Kier alpha value is -1.56. The Morgan fingerprint density at radius 2 is 2.24 bits per heavy atom. The van der Waals surface area contributed by atoms with Gasteiger partial charge in [-0.15, -0.1) is 11.8 Å². The van der Waals surface area contributed by atoms with E-state index in [9.17, 15) is 19.1 Å². The maximum Gasteiger partial charge on any atom is 0.326 e. The lowest BCUT2D eigenvalue weighted by Crippen LogP contribution is -2.44. The Balaban J connectivity index is 2.33. The SMILES string of the molecule is CC(C)CC(C(=O)O)N1C(=O)CSC1c1cccc(F)c1. The molecule has 1 heterocycles. The van der Waals surface area contributed by atoms with E-state index in [1.807, 2.05) is 13.8 Å². The largest absolute Gasteiger partial charge is 0.480 e. The van der Waals surface area contributed by atoms with Crippen LogP contribution in [0.15, 0.2) is 24.3 Å². The molecule has 6 heteroatoms. The smallest absolute Gasteiger partial charge is 0.326 e. The predicted octanol–water partition coefficient (Wildman–Crippen LogP) is 2.90. The molecule has 2 unspecified atom stereocenters. The summed E-state index contributed by atoms with van der Waals surface area (Å²) in [7, 11) is 0. The highest BCUT2D eigenvalue weighted by atomic mass is 32.2. The molecule has 0 bridgehead atoms. The number of halogens is 1. The molecule has 0 aliphatic carbocycles. The van der Waals surface area contributed by atoms with Gasteiger partial charge < -0.3 is 10.0 Å². The lowest BCUT2D eigenvalue weighted by Gasteiger charge is -2.31. The summed E-state index contributed by atoms with van der Waals surface area (Å²) in [4.78, 5) is 25.0. The van der Waals surface area contributed by atoms with Crippen molar-refractivity contribution in [3.63, 3.8) is 0 Å². The van der Waals surface area contributed by atoms with Crippen LogP contribution in [-0.2, 0) is 9.59 Å². The molecule has 1 aromatic carbocycles. The van der Waals surface area contributed by atoms with Crippen LogP contribution in [0.4, 0.5) is 4.39 Å². The number of carboxylic acids is 1. The Kier molecular flexibility index (Phi) is 4.88. The number of amides is 1. The van der Waals surface area contributed by atoms with Gasteiger partial charge in [0.1, 0.15) is 17.2 Å². The fourth-order valence-electron chi connectivity index (χ4n) is 2.47. The van der Waals surface area contributed by atoms with Crippen molar-refractivity contribution < 1.29 is 19.1 Å². The summed E-state index contributed by atoms with van der Waals surface area (Å²) in [5.41, 5.74) is 0.626. The van der Waals surface area contributed by atoms with Crippen LogP contribution in [0.5, 0.6) is 0 Å². The standard InChI is InChI=1S/C15H18FNO3S/c1-9(2)6-12(15(19)20)17-13(18)8-21-14(17)10-4-3-5-11(16)7-10/h3-5,7,9,12,14H,6,8H2,1-2H3,(H,19,20). The fourth-order valence-corrected chi connectivity index (χ4v) is 3.68. The van der Waals surface area contributed by atoms with E-state index < -0.39 is 17.4 Å². The average molecular weight is 311 g/mol. The van der Waals surface area contributed by atoms with Crippen LogP contribution in [0.3, 0.4) is 0 Å². The summed E-state index contributed by atoms with van der Waals surface area (Å²) in [6.07, 6.45) is 0.382. The van der Waals surface area contributed by atoms with E-state index in [0.717, 1.165) is 0 Å². The van der Waals surface area contributed by atoms with Gasteiger partial charge in [-0.3, -0.25) is 4.79 Å². The van der Waals surface area contributed by atoms with E-state index in [1.54, 1.807) is 12.1 Å². The number of thioether (sulfide) groups is 1. The molecule has 1 saturated heterocycles. The second-order valence-electron chi connectivity index (χ2n) is 5.50. The van der Waals surface area contributed by atoms with Gasteiger partial charge in [0.25, 0.3) is 0 Å². The third-order valence-corrected chi connectivity index (χ3v) is 4.58. The van der Waals surface area contributed by atoms with Gasteiger partial charge >= 0.3 is 5.97 Å². The van der Waals surface area contributed by atoms with Gasteiger partial charge in [-0.05, 0) is 30.0 Å². The second kappa shape index (κ2) is 6.47. The van der Waals surface area contributed by atoms with Crippen LogP contribution in [0.25, 0.3) is 0 Å². The molecule has 0 spiro atoms. The van der Waals surface area contributed by atoms with Gasteiger partial charge in [0, 0.05) is 0 Å².